The molecule has 0 saturated carbocycles. The smallest absolute Gasteiger partial charge is 0.338 e. The van der Waals surface area contributed by atoms with E-state index >= 15 is 0 Å². The predicted octanol–water partition coefficient (Wildman–Crippen LogP) is 5.19. The number of furan rings is 1. The van der Waals surface area contributed by atoms with Crippen LogP contribution in [0.1, 0.15) is 28.6 Å². The van der Waals surface area contributed by atoms with Gasteiger partial charge in [-0.05, 0) is 55.5 Å². The van der Waals surface area contributed by atoms with E-state index in [9.17, 15) is 9.59 Å². The first-order valence-corrected chi connectivity index (χ1v) is 10.1. The Hall–Kier alpha value is -3.45. The van der Waals surface area contributed by atoms with Gasteiger partial charge in [0.15, 0.2) is 0 Å². The van der Waals surface area contributed by atoms with Crippen LogP contribution in [-0.2, 0) is 16.1 Å². The van der Waals surface area contributed by atoms with E-state index < -0.39 is 0 Å². The first-order valence-electron chi connectivity index (χ1n) is 9.27. The number of amides is 1. The van der Waals surface area contributed by atoms with E-state index in [-0.39, 0.29) is 11.9 Å². The first kappa shape index (κ1) is 18.6. The highest BCUT2D eigenvalue weighted by Crippen LogP contribution is 2.30. The molecule has 2 aromatic carbocycles. The number of hydrogen-bond acceptors (Lipinski definition) is 5. The molecule has 0 fully saturated rings. The Morgan fingerprint density at radius 3 is 2.67 bits per heavy atom. The Bertz CT molecular complexity index is 1250. The zero-order valence-electron chi connectivity index (χ0n) is 15.9. The molecule has 0 saturated heterocycles. The summed E-state index contributed by atoms with van der Waals surface area (Å²) in [6, 6.07) is 16.5. The summed E-state index contributed by atoms with van der Waals surface area (Å²) in [6.45, 7) is 2.10. The summed E-state index contributed by atoms with van der Waals surface area (Å²) in [4.78, 5) is 24.7. The van der Waals surface area contributed by atoms with Gasteiger partial charge in [-0.2, -0.15) is 10.1 Å². The third-order valence-electron chi connectivity index (χ3n) is 5.02. The van der Waals surface area contributed by atoms with E-state index in [2.05, 4.69) is 21.0 Å². The number of halogens is 1. The molecule has 0 unspecified atom stereocenters. The number of fused-ring (bicyclic) bond motifs is 1. The van der Waals surface area contributed by atoms with Crippen LogP contribution in [0.5, 0.6) is 0 Å². The molecule has 5 rings (SSSR count). The number of carbonyl (C=O) groups excluding carboxylic acids is 2. The zero-order valence-corrected chi connectivity index (χ0v) is 17.5. The van der Waals surface area contributed by atoms with Crippen molar-refractivity contribution in [1.82, 2.24) is 0 Å². The third-order valence-corrected chi connectivity index (χ3v) is 5.55. The molecule has 0 aliphatic carbocycles. The van der Waals surface area contributed by atoms with Crippen molar-refractivity contribution < 1.29 is 18.7 Å². The number of ether oxygens (including phenoxy) is 1. The van der Waals surface area contributed by atoms with Gasteiger partial charge in [0.1, 0.15) is 18.1 Å². The van der Waals surface area contributed by atoms with Crippen LogP contribution < -0.4 is 5.01 Å². The third kappa shape index (κ3) is 3.17. The Kier molecular flexibility index (Phi) is 4.40. The molecule has 0 bridgehead atoms. The van der Waals surface area contributed by atoms with Gasteiger partial charge in [-0.15, -0.1) is 0 Å². The highest BCUT2D eigenvalue weighted by Gasteiger charge is 2.29. The number of anilines is 1. The molecule has 7 heteroatoms. The molecule has 0 N–H and O–H groups in total. The summed E-state index contributed by atoms with van der Waals surface area (Å²) in [7, 11) is 0. The maximum absolute atomic E-state index is 12.9. The molecular weight excluding hydrogens is 448 g/mol. The summed E-state index contributed by atoms with van der Waals surface area (Å²) in [5.41, 5.74) is 3.97. The fourth-order valence-corrected chi connectivity index (χ4v) is 3.70. The summed E-state index contributed by atoms with van der Waals surface area (Å²) < 4.78 is 11.9. The van der Waals surface area contributed by atoms with Crippen molar-refractivity contribution in [2.45, 2.75) is 13.5 Å². The van der Waals surface area contributed by atoms with Crippen LogP contribution >= 0.6 is 15.9 Å². The van der Waals surface area contributed by atoms with Crippen LogP contribution in [0.2, 0.25) is 0 Å². The van der Waals surface area contributed by atoms with E-state index in [1.165, 1.54) is 5.01 Å². The van der Waals surface area contributed by atoms with E-state index in [4.69, 9.17) is 9.15 Å². The average Bonchev–Trinajstić information content (AvgIpc) is 3.43. The minimum Gasteiger partial charge on any atom is -0.457 e. The lowest BCUT2D eigenvalue weighted by atomic mass is 10.0. The van der Waals surface area contributed by atoms with Crippen molar-refractivity contribution in [3.8, 4) is 11.3 Å². The molecule has 3 heterocycles. The maximum atomic E-state index is 12.9. The van der Waals surface area contributed by atoms with Crippen LogP contribution in [0, 0.1) is 0 Å². The molecule has 30 heavy (non-hydrogen) atoms. The molecular formula is C23H15BrN2O4. The van der Waals surface area contributed by atoms with Crippen molar-refractivity contribution in [3.05, 3.63) is 81.5 Å². The van der Waals surface area contributed by atoms with Gasteiger partial charge in [0.2, 0.25) is 0 Å². The first-order chi connectivity index (χ1) is 14.5. The Labute approximate surface area is 180 Å². The lowest BCUT2D eigenvalue weighted by molar-refractivity contribution is -0.114. The van der Waals surface area contributed by atoms with Crippen molar-refractivity contribution in [1.29, 1.82) is 0 Å². The van der Waals surface area contributed by atoms with Crippen molar-refractivity contribution >= 4 is 45.3 Å². The van der Waals surface area contributed by atoms with Gasteiger partial charge in [0.25, 0.3) is 5.91 Å². The fourth-order valence-electron chi connectivity index (χ4n) is 3.44. The van der Waals surface area contributed by atoms with Crippen LogP contribution in [0.25, 0.3) is 17.4 Å². The van der Waals surface area contributed by atoms with Crippen LogP contribution in [0.4, 0.5) is 5.69 Å². The lowest BCUT2D eigenvalue weighted by Crippen LogP contribution is -2.21. The summed E-state index contributed by atoms with van der Waals surface area (Å²) >= 11 is 3.39. The van der Waals surface area contributed by atoms with Gasteiger partial charge in [-0.1, -0.05) is 28.1 Å². The highest BCUT2D eigenvalue weighted by atomic mass is 79.9. The minimum absolute atomic E-state index is 0.215. The molecule has 148 valence electrons. The van der Waals surface area contributed by atoms with Crippen LogP contribution in [-0.4, -0.2) is 17.6 Å². The SMILES string of the molecule is CC1=NN(c2ccc(Br)cc2)C(=O)/C1=C\c1ccc(-c2ccc3c(c2)C(=O)OC3)o1. The standard InChI is InChI=1S/C23H15BrN2O4/c1-13-19(22(27)26(25-13)17-6-4-16(24)5-7-17)11-18-8-9-21(30-18)14-2-3-15-12-29-23(28)20(15)10-14/h2-11H,12H2,1H3/b19-11-. The second-order valence-electron chi connectivity index (χ2n) is 6.99. The number of nitrogens with zero attached hydrogens (tertiary/aromatic N) is 2. The molecule has 3 aromatic rings. The number of carbonyl (C=O) groups is 2. The number of hydrogen-bond donors (Lipinski definition) is 0. The molecule has 0 atom stereocenters. The van der Waals surface area contributed by atoms with Crippen molar-refractivity contribution in [2.24, 2.45) is 5.10 Å². The molecule has 1 amide bonds. The van der Waals surface area contributed by atoms with Crippen molar-refractivity contribution in [3.63, 3.8) is 0 Å². The van der Waals surface area contributed by atoms with E-state index in [1.54, 1.807) is 25.1 Å². The Balaban J connectivity index is 1.43. The van der Waals surface area contributed by atoms with Crippen LogP contribution in [0.15, 0.2) is 74.2 Å². The number of benzene rings is 2. The number of hydrazone groups is 1. The topological polar surface area (TPSA) is 72.1 Å². The van der Waals surface area contributed by atoms with Gasteiger partial charge in [0, 0.05) is 15.6 Å². The second-order valence-corrected chi connectivity index (χ2v) is 7.90. The molecule has 0 radical (unpaired) electrons. The number of esters is 1. The molecule has 1 aromatic heterocycles. The number of cyclic esters (lactones) is 1. The molecule has 2 aliphatic heterocycles. The molecule has 2 aliphatic rings. The van der Waals surface area contributed by atoms with Gasteiger partial charge in [-0.25, -0.2) is 4.79 Å². The fraction of sp³-hybridized carbons (Fsp3) is 0.0870. The molecule has 6 nitrogen and oxygen atoms in total. The van der Waals surface area contributed by atoms with Gasteiger partial charge in [0.05, 0.1) is 22.5 Å². The lowest BCUT2D eigenvalue weighted by Gasteiger charge is -2.11. The van der Waals surface area contributed by atoms with E-state index in [0.29, 0.717) is 40.7 Å². The zero-order chi connectivity index (χ0) is 20.8. The number of rotatable bonds is 3. The van der Waals surface area contributed by atoms with E-state index in [1.807, 2.05) is 42.5 Å². The normalized spacial score (nSPS) is 16.8. The van der Waals surface area contributed by atoms with E-state index in [0.717, 1.165) is 15.6 Å². The quantitative estimate of drug-likeness (QED) is 0.396. The Morgan fingerprint density at radius 1 is 1.07 bits per heavy atom. The summed E-state index contributed by atoms with van der Waals surface area (Å²) in [5, 5.41) is 5.76. The van der Waals surface area contributed by atoms with Crippen molar-refractivity contribution in [2.75, 3.05) is 5.01 Å². The highest BCUT2D eigenvalue weighted by molar-refractivity contribution is 9.10. The van der Waals surface area contributed by atoms with Gasteiger partial charge < -0.3 is 9.15 Å². The van der Waals surface area contributed by atoms with Gasteiger partial charge >= 0.3 is 5.97 Å². The van der Waals surface area contributed by atoms with Gasteiger partial charge in [-0.3, -0.25) is 4.79 Å². The largest absolute Gasteiger partial charge is 0.457 e. The maximum Gasteiger partial charge on any atom is 0.338 e. The average molecular weight is 463 g/mol. The van der Waals surface area contributed by atoms with Crippen LogP contribution in [0.3, 0.4) is 0 Å². The molecule has 0 spiro atoms. The summed E-state index contributed by atoms with van der Waals surface area (Å²) in [5.74, 6) is 0.600. The second kappa shape index (κ2) is 7.11. The predicted molar refractivity (Wildman–Crippen MR) is 116 cm³/mol. The summed E-state index contributed by atoms with van der Waals surface area (Å²) in [6.07, 6.45) is 1.69. The minimum atomic E-state index is -0.322. The monoisotopic (exact) mass is 462 g/mol. The Morgan fingerprint density at radius 2 is 1.87 bits per heavy atom.